The van der Waals surface area contributed by atoms with E-state index in [9.17, 15) is 4.79 Å². The summed E-state index contributed by atoms with van der Waals surface area (Å²) in [6.07, 6.45) is 0. The third kappa shape index (κ3) is 2.84. The zero-order chi connectivity index (χ0) is 12.1. The second-order valence-electron chi connectivity index (χ2n) is 4.00. The van der Waals surface area contributed by atoms with E-state index in [1.807, 2.05) is 37.3 Å². The summed E-state index contributed by atoms with van der Waals surface area (Å²) in [6.45, 7) is 4.51. The molecule has 4 nitrogen and oxygen atoms in total. The van der Waals surface area contributed by atoms with Gasteiger partial charge >= 0.3 is 0 Å². The molecule has 0 aromatic heterocycles. The van der Waals surface area contributed by atoms with Crippen molar-refractivity contribution < 1.29 is 9.53 Å². The number of hydrogen-bond donors (Lipinski definition) is 1. The summed E-state index contributed by atoms with van der Waals surface area (Å²) in [5.74, 6) is 0.135. The molecule has 1 unspecified atom stereocenters. The molecule has 0 bridgehead atoms. The Balaban J connectivity index is 1.94. The Morgan fingerprint density at radius 1 is 1.41 bits per heavy atom. The van der Waals surface area contributed by atoms with Crippen molar-refractivity contribution >= 4 is 5.91 Å². The number of carbonyl (C=O) groups is 1. The molecule has 2 rings (SSSR count). The maximum absolute atomic E-state index is 12.1. The molecule has 1 N–H and O–H groups in total. The van der Waals surface area contributed by atoms with Gasteiger partial charge in [-0.3, -0.25) is 10.1 Å². The van der Waals surface area contributed by atoms with Gasteiger partial charge in [0.05, 0.1) is 13.3 Å². The van der Waals surface area contributed by atoms with Crippen molar-refractivity contribution in [3.8, 4) is 0 Å². The van der Waals surface area contributed by atoms with Crippen LogP contribution in [0.15, 0.2) is 30.3 Å². The standard InChI is InChI=1S/C13H18N2O2/c1-2-17-9-8-15-10-14-12(13(15)16)11-6-4-3-5-7-11/h3-7,12,14H,2,8-10H2,1H3. The summed E-state index contributed by atoms with van der Waals surface area (Å²) >= 11 is 0. The Hall–Kier alpha value is -1.39. The molecule has 17 heavy (non-hydrogen) atoms. The first-order chi connectivity index (χ1) is 8.33. The molecule has 92 valence electrons. The molecule has 0 saturated carbocycles. The van der Waals surface area contributed by atoms with Crippen molar-refractivity contribution in [1.82, 2.24) is 10.2 Å². The molecule has 1 fully saturated rings. The highest BCUT2D eigenvalue weighted by atomic mass is 16.5. The average molecular weight is 234 g/mol. The maximum Gasteiger partial charge on any atom is 0.245 e. The van der Waals surface area contributed by atoms with Gasteiger partial charge in [-0.1, -0.05) is 30.3 Å². The fraction of sp³-hybridized carbons (Fsp3) is 0.462. The normalized spacial score (nSPS) is 19.9. The lowest BCUT2D eigenvalue weighted by Crippen LogP contribution is -2.30. The topological polar surface area (TPSA) is 41.6 Å². The number of nitrogens with zero attached hydrogens (tertiary/aromatic N) is 1. The predicted octanol–water partition coefficient (Wildman–Crippen LogP) is 1.15. The molecule has 0 radical (unpaired) electrons. The third-order valence-electron chi connectivity index (χ3n) is 2.89. The van der Waals surface area contributed by atoms with Crippen LogP contribution in [0.1, 0.15) is 18.5 Å². The summed E-state index contributed by atoms with van der Waals surface area (Å²) < 4.78 is 5.26. The van der Waals surface area contributed by atoms with E-state index in [1.165, 1.54) is 0 Å². The van der Waals surface area contributed by atoms with Crippen LogP contribution in [0.25, 0.3) is 0 Å². The van der Waals surface area contributed by atoms with Crippen LogP contribution in [-0.4, -0.2) is 37.2 Å². The van der Waals surface area contributed by atoms with Crippen LogP contribution >= 0.6 is 0 Å². The van der Waals surface area contributed by atoms with Gasteiger partial charge in [0.2, 0.25) is 5.91 Å². The van der Waals surface area contributed by atoms with Crippen molar-refractivity contribution in [3.63, 3.8) is 0 Å². The van der Waals surface area contributed by atoms with E-state index in [0.29, 0.717) is 26.4 Å². The summed E-state index contributed by atoms with van der Waals surface area (Å²) in [5.41, 5.74) is 1.02. The Labute approximate surface area is 102 Å². The predicted molar refractivity (Wildman–Crippen MR) is 65.4 cm³/mol. The number of benzene rings is 1. The molecule has 4 heteroatoms. The van der Waals surface area contributed by atoms with Crippen molar-refractivity contribution in [2.24, 2.45) is 0 Å². The molecule has 1 saturated heterocycles. The number of hydrogen-bond acceptors (Lipinski definition) is 3. The highest BCUT2D eigenvalue weighted by Crippen LogP contribution is 2.19. The minimum absolute atomic E-state index is 0.135. The van der Waals surface area contributed by atoms with E-state index in [2.05, 4.69) is 5.32 Å². The summed E-state index contributed by atoms with van der Waals surface area (Å²) in [7, 11) is 0. The molecular weight excluding hydrogens is 216 g/mol. The zero-order valence-electron chi connectivity index (χ0n) is 10.1. The van der Waals surface area contributed by atoms with Crippen LogP contribution in [0.2, 0.25) is 0 Å². The van der Waals surface area contributed by atoms with Gasteiger partial charge in [-0.15, -0.1) is 0 Å². The molecule has 1 aromatic rings. The fourth-order valence-electron chi connectivity index (χ4n) is 1.96. The largest absolute Gasteiger partial charge is 0.380 e. The second kappa shape index (κ2) is 5.80. The summed E-state index contributed by atoms with van der Waals surface area (Å²) in [5, 5.41) is 3.22. The van der Waals surface area contributed by atoms with Crippen LogP contribution in [0.4, 0.5) is 0 Å². The lowest BCUT2D eigenvalue weighted by atomic mass is 10.1. The highest BCUT2D eigenvalue weighted by molar-refractivity contribution is 5.85. The number of ether oxygens (including phenoxy) is 1. The zero-order valence-corrected chi connectivity index (χ0v) is 10.1. The first-order valence-electron chi connectivity index (χ1n) is 5.97. The number of carbonyl (C=O) groups excluding carboxylic acids is 1. The Bertz CT molecular complexity index is 367. The molecule has 0 aliphatic carbocycles. The van der Waals surface area contributed by atoms with Gasteiger partial charge in [0, 0.05) is 13.2 Å². The van der Waals surface area contributed by atoms with Gasteiger partial charge in [0.25, 0.3) is 0 Å². The van der Waals surface area contributed by atoms with Gasteiger partial charge in [0.15, 0.2) is 0 Å². The highest BCUT2D eigenvalue weighted by Gasteiger charge is 2.31. The molecule has 1 aliphatic rings. The average Bonchev–Trinajstić information content (AvgIpc) is 2.73. The summed E-state index contributed by atoms with van der Waals surface area (Å²) in [4.78, 5) is 13.9. The van der Waals surface area contributed by atoms with Crippen LogP contribution in [0.5, 0.6) is 0 Å². The number of nitrogens with one attached hydrogen (secondary N) is 1. The van der Waals surface area contributed by atoms with Crippen molar-refractivity contribution in [1.29, 1.82) is 0 Å². The van der Waals surface area contributed by atoms with E-state index in [0.717, 1.165) is 5.56 Å². The van der Waals surface area contributed by atoms with Crippen molar-refractivity contribution in [2.45, 2.75) is 13.0 Å². The van der Waals surface area contributed by atoms with E-state index in [1.54, 1.807) is 4.90 Å². The quantitative estimate of drug-likeness (QED) is 0.777. The molecule has 1 amide bonds. The van der Waals surface area contributed by atoms with Gasteiger partial charge in [0.1, 0.15) is 6.04 Å². The molecule has 1 aromatic carbocycles. The van der Waals surface area contributed by atoms with Crippen molar-refractivity contribution in [3.05, 3.63) is 35.9 Å². The Kier molecular flexibility index (Phi) is 4.12. The minimum Gasteiger partial charge on any atom is -0.380 e. The third-order valence-corrected chi connectivity index (χ3v) is 2.89. The Morgan fingerprint density at radius 2 is 2.18 bits per heavy atom. The smallest absolute Gasteiger partial charge is 0.245 e. The van der Waals surface area contributed by atoms with E-state index in [4.69, 9.17) is 4.74 Å². The van der Waals surface area contributed by atoms with E-state index < -0.39 is 0 Å². The van der Waals surface area contributed by atoms with Gasteiger partial charge in [-0.2, -0.15) is 0 Å². The molecule has 1 heterocycles. The number of amides is 1. The fourth-order valence-corrected chi connectivity index (χ4v) is 1.96. The lowest BCUT2D eigenvalue weighted by molar-refractivity contribution is -0.129. The summed E-state index contributed by atoms with van der Waals surface area (Å²) in [6, 6.07) is 9.61. The van der Waals surface area contributed by atoms with E-state index >= 15 is 0 Å². The first-order valence-corrected chi connectivity index (χ1v) is 5.97. The molecule has 0 spiro atoms. The molecule has 1 aliphatic heterocycles. The van der Waals surface area contributed by atoms with Gasteiger partial charge < -0.3 is 9.64 Å². The monoisotopic (exact) mass is 234 g/mol. The van der Waals surface area contributed by atoms with Crippen LogP contribution in [-0.2, 0) is 9.53 Å². The van der Waals surface area contributed by atoms with Crippen LogP contribution in [0, 0.1) is 0 Å². The van der Waals surface area contributed by atoms with Crippen LogP contribution in [0.3, 0.4) is 0 Å². The minimum atomic E-state index is -0.196. The lowest BCUT2D eigenvalue weighted by Gasteiger charge is -2.15. The molecule has 1 atom stereocenters. The second-order valence-corrected chi connectivity index (χ2v) is 4.00. The van der Waals surface area contributed by atoms with E-state index in [-0.39, 0.29) is 11.9 Å². The first kappa shape index (κ1) is 12.1. The Morgan fingerprint density at radius 3 is 2.88 bits per heavy atom. The SMILES string of the molecule is CCOCCN1CNC(c2ccccc2)C1=O. The van der Waals surface area contributed by atoms with Crippen molar-refractivity contribution in [2.75, 3.05) is 26.4 Å². The van der Waals surface area contributed by atoms with Gasteiger partial charge in [-0.05, 0) is 12.5 Å². The maximum atomic E-state index is 12.1. The van der Waals surface area contributed by atoms with Crippen LogP contribution < -0.4 is 5.32 Å². The number of rotatable bonds is 5. The molecular formula is C13H18N2O2. The van der Waals surface area contributed by atoms with Gasteiger partial charge in [-0.25, -0.2) is 0 Å².